The van der Waals surface area contributed by atoms with Gasteiger partial charge in [-0.2, -0.15) is 0 Å². The molecule has 2 rings (SSSR count). The van der Waals surface area contributed by atoms with E-state index in [0.717, 1.165) is 15.6 Å². The number of pyridine rings is 1. The molecule has 2 aromatic rings. The van der Waals surface area contributed by atoms with Gasteiger partial charge in [-0.15, -0.1) is 0 Å². The smallest absolute Gasteiger partial charge is 0.253 e. The van der Waals surface area contributed by atoms with E-state index < -0.39 is 0 Å². The van der Waals surface area contributed by atoms with Crippen LogP contribution in [0.1, 0.15) is 27.0 Å². The van der Waals surface area contributed by atoms with Crippen LogP contribution in [0.5, 0.6) is 0 Å². The average molecular weight is 334 g/mol. The fraction of sp³-hybridized carbons (Fsp3) is 0.250. The van der Waals surface area contributed by atoms with Crippen LogP contribution in [0.15, 0.2) is 39.7 Å². The SMILES string of the molecule is Cc1ccc(C(=O)Cn2cc(Br)cc(C)c2=O)c(C)c1. The molecule has 0 bridgehead atoms. The molecular weight excluding hydrogens is 318 g/mol. The predicted octanol–water partition coefficient (Wildman–Crippen LogP) is 3.42. The molecule has 1 aromatic carbocycles. The first-order valence-corrected chi connectivity index (χ1v) is 7.15. The summed E-state index contributed by atoms with van der Waals surface area (Å²) in [4.78, 5) is 24.4. The van der Waals surface area contributed by atoms with Gasteiger partial charge in [0.2, 0.25) is 0 Å². The second kappa shape index (κ2) is 5.75. The Morgan fingerprint density at radius 2 is 1.85 bits per heavy atom. The maximum atomic E-state index is 12.3. The van der Waals surface area contributed by atoms with Crippen molar-refractivity contribution < 1.29 is 4.79 Å². The first-order chi connectivity index (χ1) is 9.38. The molecule has 20 heavy (non-hydrogen) atoms. The van der Waals surface area contributed by atoms with Crippen LogP contribution in [-0.2, 0) is 6.54 Å². The molecule has 0 unspecified atom stereocenters. The Bertz CT molecular complexity index is 732. The summed E-state index contributed by atoms with van der Waals surface area (Å²) in [5.41, 5.74) is 3.21. The molecule has 0 aliphatic rings. The van der Waals surface area contributed by atoms with E-state index >= 15 is 0 Å². The van der Waals surface area contributed by atoms with Crippen LogP contribution >= 0.6 is 15.9 Å². The topological polar surface area (TPSA) is 39.1 Å². The Morgan fingerprint density at radius 3 is 2.50 bits per heavy atom. The molecule has 0 aliphatic heterocycles. The zero-order valence-electron chi connectivity index (χ0n) is 11.7. The van der Waals surface area contributed by atoms with E-state index in [-0.39, 0.29) is 17.9 Å². The zero-order valence-corrected chi connectivity index (χ0v) is 13.3. The normalized spacial score (nSPS) is 10.6. The summed E-state index contributed by atoms with van der Waals surface area (Å²) in [7, 11) is 0. The van der Waals surface area contributed by atoms with Crippen molar-refractivity contribution in [3.05, 3.63) is 67.5 Å². The Kier molecular flexibility index (Phi) is 4.23. The number of ketones is 1. The molecule has 104 valence electrons. The first-order valence-electron chi connectivity index (χ1n) is 6.35. The lowest BCUT2D eigenvalue weighted by Crippen LogP contribution is -2.25. The summed E-state index contributed by atoms with van der Waals surface area (Å²) in [5.74, 6) is -0.0536. The average Bonchev–Trinajstić information content (AvgIpc) is 2.35. The monoisotopic (exact) mass is 333 g/mol. The largest absolute Gasteiger partial charge is 0.306 e. The number of hydrogen-bond acceptors (Lipinski definition) is 2. The fourth-order valence-electron chi connectivity index (χ4n) is 2.22. The molecule has 0 radical (unpaired) electrons. The number of halogens is 1. The van der Waals surface area contributed by atoms with E-state index in [1.54, 1.807) is 19.2 Å². The van der Waals surface area contributed by atoms with Gasteiger partial charge in [-0.3, -0.25) is 9.59 Å². The number of Topliss-reactive ketones (excluding diaryl/α,β-unsaturated/α-hetero) is 1. The van der Waals surface area contributed by atoms with Gasteiger partial charge in [-0.05, 0) is 48.3 Å². The van der Waals surface area contributed by atoms with Crippen molar-refractivity contribution in [2.24, 2.45) is 0 Å². The van der Waals surface area contributed by atoms with Gasteiger partial charge in [0, 0.05) is 21.8 Å². The van der Waals surface area contributed by atoms with Gasteiger partial charge in [0.05, 0.1) is 6.54 Å². The summed E-state index contributed by atoms with van der Waals surface area (Å²) in [5, 5.41) is 0. The number of rotatable bonds is 3. The highest BCUT2D eigenvalue weighted by Gasteiger charge is 2.12. The van der Waals surface area contributed by atoms with Crippen molar-refractivity contribution in [2.45, 2.75) is 27.3 Å². The zero-order chi connectivity index (χ0) is 14.9. The van der Waals surface area contributed by atoms with Crippen LogP contribution in [0.4, 0.5) is 0 Å². The highest BCUT2D eigenvalue weighted by atomic mass is 79.9. The van der Waals surface area contributed by atoms with Crippen LogP contribution < -0.4 is 5.56 Å². The molecule has 0 fully saturated rings. The van der Waals surface area contributed by atoms with E-state index in [4.69, 9.17) is 0 Å². The van der Waals surface area contributed by atoms with Crippen LogP contribution in [0.3, 0.4) is 0 Å². The molecule has 0 aliphatic carbocycles. The molecule has 1 heterocycles. The lowest BCUT2D eigenvalue weighted by atomic mass is 10.0. The van der Waals surface area contributed by atoms with Gasteiger partial charge < -0.3 is 4.57 Å². The van der Waals surface area contributed by atoms with E-state index in [9.17, 15) is 9.59 Å². The van der Waals surface area contributed by atoms with Crippen LogP contribution in [0, 0.1) is 20.8 Å². The van der Waals surface area contributed by atoms with Crippen molar-refractivity contribution in [3.63, 3.8) is 0 Å². The number of carbonyl (C=O) groups is 1. The minimum Gasteiger partial charge on any atom is -0.306 e. The van der Waals surface area contributed by atoms with Crippen LogP contribution in [0.2, 0.25) is 0 Å². The highest BCUT2D eigenvalue weighted by Crippen LogP contribution is 2.13. The van der Waals surface area contributed by atoms with Crippen molar-refractivity contribution in [2.75, 3.05) is 0 Å². The van der Waals surface area contributed by atoms with Crippen molar-refractivity contribution in [1.29, 1.82) is 0 Å². The molecule has 3 nitrogen and oxygen atoms in total. The summed E-state index contributed by atoms with van der Waals surface area (Å²) in [6.45, 7) is 5.70. The minimum absolute atomic E-state index is 0.0536. The van der Waals surface area contributed by atoms with Gasteiger partial charge in [-0.25, -0.2) is 0 Å². The lowest BCUT2D eigenvalue weighted by Gasteiger charge is -2.09. The van der Waals surface area contributed by atoms with E-state index in [0.29, 0.717) is 11.1 Å². The lowest BCUT2D eigenvalue weighted by molar-refractivity contribution is 0.0970. The molecule has 0 saturated carbocycles. The fourth-order valence-corrected chi connectivity index (χ4v) is 2.81. The van der Waals surface area contributed by atoms with Crippen LogP contribution in [0.25, 0.3) is 0 Å². The Morgan fingerprint density at radius 1 is 1.15 bits per heavy atom. The molecule has 4 heteroatoms. The summed E-state index contributed by atoms with van der Waals surface area (Å²) in [6.07, 6.45) is 1.65. The van der Waals surface area contributed by atoms with Gasteiger partial charge >= 0.3 is 0 Å². The van der Waals surface area contributed by atoms with Gasteiger partial charge in [0.15, 0.2) is 5.78 Å². The Hall–Kier alpha value is -1.68. The number of benzene rings is 1. The van der Waals surface area contributed by atoms with Crippen molar-refractivity contribution in [1.82, 2.24) is 4.57 Å². The third-order valence-electron chi connectivity index (χ3n) is 3.23. The molecule has 0 saturated heterocycles. The Labute approximate surface area is 126 Å². The van der Waals surface area contributed by atoms with Crippen molar-refractivity contribution >= 4 is 21.7 Å². The standard InChI is InChI=1S/C16H16BrNO2/c1-10-4-5-14(11(2)6-10)15(19)9-18-8-13(17)7-12(3)16(18)20/h4-8H,9H2,1-3H3. The van der Waals surface area contributed by atoms with E-state index in [2.05, 4.69) is 15.9 Å². The number of aryl methyl sites for hydroxylation is 3. The van der Waals surface area contributed by atoms with E-state index in [1.165, 1.54) is 4.57 Å². The maximum Gasteiger partial charge on any atom is 0.253 e. The van der Waals surface area contributed by atoms with Crippen molar-refractivity contribution in [3.8, 4) is 0 Å². The van der Waals surface area contributed by atoms with Gasteiger partial charge in [-0.1, -0.05) is 23.8 Å². The summed E-state index contributed by atoms with van der Waals surface area (Å²) < 4.78 is 2.24. The second-order valence-corrected chi connectivity index (χ2v) is 5.93. The Balaban J connectivity index is 2.35. The molecule has 0 N–H and O–H groups in total. The molecule has 0 atom stereocenters. The van der Waals surface area contributed by atoms with Crippen LogP contribution in [-0.4, -0.2) is 10.4 Å². The third-order valence-corrected chi connectivity index (χ3v) is 3.66. The number of nitrogens with zero attached hydrogens (tertiary/aromatic N) is 1. The predicted molar refractivity (Wildman–Crippen MR) is 83.4 cm³/mol. The first kappa shape index (κ1) is 14.7. The molecule has 1 aromatic heterocycles. The van der Waals surface area contributed by atoms with Gasteiger partial charge in [0.25, 0.3) is 5.56 Å². The van der Waals surface area contributed by atoms with E-state index in [1.807, 2.05) is 32.0 Å². The summed E-state index contributed by atoms with van der Waals surface area (Å²) in [6, 6.07) is 7.46. The number of carbonyl (C=O) groups excluding carboxylic acids is 1. The third kappa shape index (κ3) is 3.07. The maximum absolute atomic E-state index is 12.3. The second-order valence-electron chi connectivity index (χ2n) is 5.02. The molecular formula is C16H16BrNO2. The molecule has 0 amide bonds. The molecule has 0 spiro atoms. The quantitative estimate of drug-likeness (QED) is 0.807. The van der Waals surface area contributed by atoms with Gasteiger partial charge in [0.1, 0.15) is 0 Å². The highest BCUT2D eigenvalue weighted by molar-refractivity contribution is 9.10. The summed E-state index contributed by atoms with van der Waals surface area (Å²) >= 11 is 3.35. The number of aromatic nitrogens is 1. The number of hydrogen-bond donors (Lipinski definition) is 0. The minimum atomic E-state index is -0.133.